The number of pyridine rings is 2. The molecule has 23 heavy (non-hydrogen) atoms. The minimum atomic E-state index is -0.178. The Morgan fingerprint density at radius 1 is 1.17 bits per heavy atom. The van der Waals surface area contributed by atoms with E-state index in [-0.39, 0.29) is 5.56 Å². The van der Waals surface area contributed by atoms with E-state index in [9.17, 15) is 4.79 Å². The van der Waals surface area contributed by atoms with Crippen molar-refractivity contribution in [2.24, 2.45) is 0 Å². The maximum absolute atomic E-state index is 12.6. The molecule has 3 heterocycles. The normalized spacial score (nSPS) is 15.1. The van der Waals surface area contributed by atoms with Crippen LogP contribution in [-0.4, -0.2) is 26.0 Å². The molecule has 0 unspecified atom stereocenters. The molecule has 0 atom stereocenters. The Kier molecular flexibility index (Phi) is 3.49. The van der Waals surface area contributed by atoms with Gasteiger partial charge < -0.3 is 5.32 Å². The van der Waals surface area contributed by atoms with Crippen molar-refractivity contribution in [2.75, 3.05) is 5.32 Å². The molecule has 1 saturated carbocycles. The summed E-state index contributed by atoms with van der Waals surface area (Å²) in [6.45, 7) is 0. The van der Waals surface area contributed by atoms with Gasteiger partial charge in [0.25, 0.3) is 5.56 Å². The third kappa shape index (κ3) is 2.67. The minimum absolute atomic E-state index is 0.178. The summed E-state index contributed by atoms with van der Waals surface area (Å²) in [5.74, 6) is 0.505. The molecular weight excluding hydrogens is 290 g/mol. The molecule has 116 valence electrons. The fraction of sp³-hybridized carbons (Fsp3) is 0.294. The second-order valence-corrected chi connectivity index (χ2v) is 5.84. The zero-order valence-corrected chi connectivity index (χ0v) is 12.6. The summed E-state index contributed by atoms with van der Waals surface area (Å²) in [6.07, 6.45) is 9.79. The van der Waals surface area contributed by atoms with Crippen molar-refractivity contribution in [3.63, 3.8) is 0 Å². The molecule has 0 spiro atoms. The van der Waals surface area contributed by atoms with Crippen LogP contribution in [0.5, 0.6) is 0 Å². The Bertz CT molecular complexity index is 884. The highest BCUT2D eigenvalue weighted by Crippen LogP contribution is 2.24. The quantitative estimate of drug-likeness (QED) is 0.777. The Morgan fingerprint density at radius 3 is 2.83 bits per heavy atom. The molecule has 2 N–H and O–H groups in total. The van der Waals surface area contributed by atoms with Crippen molar-refractivity contribution in [1.29, 1.82) is 0 Å². The highest BCUT2D eigenvalue weighted by atomic mass is 16.1. The zero-order chi connectivity index (χ0) is 15.6. The Balaban J connectivity index is 1.81. The van der Waals surface area contributed by atoms with Gasteiger partial charge in [0.1, 0.15) is 0 Å². The van der Waals surface area contributed by atoms with Gasteiger partial charge in [0.2, 0.25) is 5.95 Å². The van der Waals surface area contributed by atoms with Gasteiger partial charge in [0, 0.05) is 35.8 Å². The average molecular weight is 307 g/mol. The maximum atomic E-state index is 12.6. The van der Waals surface area contributed by atoms with Crippen LogP contribution < -0.4 is 10.9 Å². The molecule has 0 amide bonds. The van der Waals surface area contributed by atoms with Crippen LogP contribution in [0.3, 0.4) is 0 Å². The highest BCUT2D eigenvalue weighted by Gasteiger charge is 2.17. The van der Waals surface area contributed by atoms with E-state index in [2.05, 4.69) is 25.3 Å². The monoisotopic (exact) mass is 307 g/mol. The van der Waals surface area contributed by atoms with Crippen molar-refractivity contribution in [3.05, 3.63) is 47.1 Å². The lowest BCUT2D eigenvalue weighted by atomic mass is 10.1. The molecule has 1 aliphatic carbocycles. The maximum Gasteiger partial charge on any atom is 0.262 e. The first-order valence-corrected chi connectivity index (χ1v) is 7.87. The molecule has 1 fully saturated rings. The summed E-state index contributed by atoms with van der Waals surface area (Å²) in [7, 11) is 0. The van der Waals surface area contributed by atoms with Crippen LogP contribution >= 0.6 is 0 Å². The van der Waals surface area contributed by atoms with E-state index in [0.717, 1.165) is 24.0 Å². The molecule has 6 nitrogen and oxygen atoms in total. The molecule has 3 aromatic heterocycles. The summed E-state index contributed by atoms with van der Waals surface area (Å²) in [4.78, 5) is 28.3. The largest absolute Gasteiger partial charge is 0.353 e. The van der Waals surface area contributed by atoms with E-state index in [1.807, 2.05) is 18.2 Å². The van der Waals surface area contributed by atoms with Crippen LogP contribution in [0, 0.1) is 0 Å². The predicted molar refractivity (Wildman–Crippen MR) is 89.3 cm³/mol. The van der Waals surface area contributed by atoms with Gasteiger partial charge in [-0.3, -0.25) is 14.8 Å². The first-order chi connectivity index (χ1) is 11.3. The lowest BCUT2D eigenvalue weighted by Gasteiger charge is -2.12. The van der Waals surface area contributed by atoms with Crippen LogP contribution in [0.15, 0.2) is 41.6 Å². The van der Waals surface area contributed by atoms with Gasteiger partial charge in [-0.1, -0.05) is 18.9 Å². The number of aromatic amines is 1. The number of H-pyrrole nitrogens is 1. The third-order valence-electron chi connectivity index (χ3n) is 4.28. The average Bonchev–Trinajstić information content (AvgIpc) is 3.08. The number of nitrogens with zero attached hydrogens (tertiary/aromatic N) is 3. The topological polar surface area (TPSA) is 83.6 Å². The number of aromatic nitrogens is 4. The summed E-state index contributed by atoms with van der Waals surface area (Å²) < 4.78 is 0. The van der Waals surface area contributed by atoms with E-state index in [0.29, 0.717) is 23.0 Å². The summed E-state index contributed by atoms with van der Waals surface area (Å²) in [5, 5.41) is 3.81. The molecule has 0 radical (unpaired) electrons. The molecule has 6 heteroatoms. The number of fused-ring (bicyclic) bond motifs is 1. The smallest absolute Gasteiger partial charge is 0.262 e. The van der Waals surface area contributed by atoms with Crippen LogP contribution in [0.1, 0.15) is 25.7 Å². The van der Waals surface area contributed by atoms with Crippen LogP contribution in [0.4, 0.5) is 5.95 Å². The van der Waals surface area contributed by atoms with Crippen molar-refractivity contribution >= 4 is 17.0 Å². The van der Waals surface area contributed by atoms with Gasteiger partial charge >= 0.3 is 0 Å². The standard InChI is InChI=1S/C17H17N5O/c23-16-14-13(11-4-3-8-18-10-11)7-9-19-15(14)21-17(22-16)20-12-5-1-2-6-12/h3-4,7-10,12H,1-2,5-6H2,(H2,19,20,21,22,23). The van der Waals surface area contributed by atoms with Crippen molar-refractivity contribution < 1.29 is 0 Å². The molecule has 1 aliphatic rings. The summed E-state index contributed by atoms with van der Waals surface area (Å²) in [5.41, 5.74) is 1.95. The molecule has 0 saturated heterocycles. The summed E-state index contributed by atoms with van der Waals surface area (Å²) >= 11 is 0. The van der Waals surface area contributed by atoms with Gasteiger partial charge in [0.15, 0.2) is 5.65 Å². The van der Waals surface area contributed by atoms with E-state index < -0.39 is 0 Å². The number of hydrogen-bond donors (Lipinski definition) is 2. The van der Waals surface area contributed by atoms with Crippen LogP contribution in [0.25, 0.3) is 22.2 Å². The van der Waals surface area contributed by atoms with Gasteiger partial charge in [-0.15, -0.1) is 0 Å². The number of nitrogens with one attached hydrogen (secondary N) is 2. The molecule has 3 aromatic rings. The van der Waals surface area contributed by atoms with E-state index in [1.54, 1.807) is 18.6 Å². The second kappa shape index (κ2) is 5.79. The van der Waals surface area contributed by atoms with Crippen molar-refractivity contribution in [2.45, 2.75) is 31.7 Å². The fourth-order valence-corrected chi connectivity index (χ4v) is 3.16. The molecule has 0 bridgehead atoms. The number of rotatable bonds is 3. The minimum Gasteiger partial charge on any atom is -0.353 e. The summed E-state index contributed by atoms with van der Waals surface area (Å²) in [6, 6.07) is 5.97. The van der Waals surface area contributed by atoms with Crippen molar-refractivity contribution in [3.8, 4) is 11.1 Å². The molecule has 0 aliphatic heterocycles. The van der Waals surface area contributed by atoms with E-state index >= 15 is 0 Å². The van der Waals surface area contributed by atoms with Gasteiger partial charge in [0.05, 0.1) is 5.39 Å². The Morgan fingerprint density at radius 2 is 2.04 bits per heavy atom. The number of anilines is 1. The van der Waals surface area contributed by atoms with Gasteiger partial charge in [-0.05, 0) is 25.0 Å². The van der Waals surface area contributed by atoms with Crippen molar-refractivity contribution in [1.82, 2.24) is 19.9 Å². The third-order valence-corrected chi connectivity index (χ3v) is 4.28. The number of hydrogen-bond acceptors (Lipinski definition) is 5. The fourth-order valence-electron chi connectivity index (χ4n) is 3.16. The molecule has 4 rings (SSSR count). The highest BCUT2D eigenvalue weighted by molar-refractivity contribution is 5.91. The second-order valence-electron chi connectivity index (χ2n) is 5.84. The SMILES string of the molecule is O=c1[nH]c(NC2CCCC2)nc2nccc(-c3cccnc3)c12. The first-order valence-electron chi connectivity index (χ1n) is 7.87. The predicted octanol–water partition coefficient (Wildman–Crippen LogP) is 2.73. The zero-order valence-electron chi connectivity index (χ0n) is 12.6. The Hall–Kier alpha value is -2.76. The molecule has 0 aromatic carbocycles. The molecular formula is C17H17N5O. The van der Waals surface area contributed by atoms with E-state index in [4.69, 9.17) is 0 Å². The van der Waals surface area contributed by atoms with Gasteiger partial charge in [-0.2, -0.15) is 4.98 Å². The lowest BCUT2D eigenvalue weighted by Crippen LogP contribution is -2.20. The lowest BCUT2D eigenvalue weighted by molar-refractivity contribution is 0.744. The first kappa shape index (κ1) is 13.9. The van der Waals surface area contributed by atoms with Gasteiger partial charge in [-0.25, -0.2) is 4.98 Å². The van der Waals surface area contributed by atoms with E-state index in [1.165, 1.54) is 12.8 Å². The van der Waals surface area contributed by atoms with Crippen LogP contribution in [0.2, 0.25) is 0 Å². The van der Waals surface area contributed by atoms with Crippen LogP contribution in [-0.2, 0) is 0 Å². The Labute approximate surface area is 133 Å².